The van der Waals surface area contributed by atoms with E-state index in [1.54, 1.807) is 0 Å². The summed E-state index contributed by atoms with van der Waals surface area (Å²) in [5, 5.41) is 3.88. The van der Waals surface area contributed by atoms with Gasteiger partial charge in [-0.15, -0.1) is 0 Å². The summed E-state index contributed by atoms with van der Waals surface area (Å²) in [6, 6.07) is 10.3. The fourth-order valence-electron chi connectivity index (χ4n) is 4.02. The molecule has 1 aliphatic heterocycles. The van der Waals surface area contributed by atoms with Gasteiger partial charge in [-0.3, -0.25) is 4.79 Å². The molecule has 1 saturated carbocycles. The molecule has 2 aromatic rings. The average molecular weight is 325 g/mol. The largest absolute Gasteiger partial charge is 0.342 e. The maximum atomic E-state index is 13.2. The van der Waals surface area contributed by atoms with Gasteiger partial charge in [-0.1, -0.05) is 41.9 Å². The molecule has 126 valence electrons. The number of rotatable bonds is 3. The summed E-state index contributed by atoms with van der Waals surface area (Å²) in [5.74, 6) is 1.99. The van der Waals surface area contributed by atoms with Gasteiger partial charge in [0.25, 0.3) is 0 Å². The van der Waals surface area contributed by atoms with Crippen LogP contribution >= 0.6 is 0 Å². The SMILES string of the molecule is Cc1noc(C2CCN(C(=O)C3(c4ccccc4)CCC3)CC2)n1. The Labute approximate surface area is 142 Å². The minimum atomic E-state index is -0.283. The Morgan fingerprint density at radius 1 is 1.21 bits per heavy atom. The molecule has 0 N–H and O–H groups in total. The molecule has 4 rings (SSSR count). The first kappa shape index (κ1) is 15.4. The first-order chi connectivity index (χ1) is 11.7. The zero-order chi connectivity index (χ0) is 16.6. The van der Waals surface area contributed by atoms with Crippen molar-refractivity contribution in [3.8, 4) is 0 Å². The third-order valence-corrected chi connectivity index (χ3v) is 5.62. The van der Waals surface area contributed by atoms with Crippen molar-refractivity contribution < 1.29 is 9.32 Å². The Hall–Kier alpha value is -2.17. The van der Waals surface area contributed by atoms with E-state index in [0.717, 1.165) is 51.1 Å². The van der Waals surface area contributed by atoms with Crippen LogP contribution in [0.5, 0.6) is 0 Å². The maximum Gasteiger partial charge on any atom is 0.233 e. The van der Waals surface area contributed by atoms with Crippen LogP contribution in [0.25, 0.3) is 0 Å². The quantitative estimate of drug-likeness (QED) is 0.869. The zero-order valence-electron chi connectivity index (χ0n) is 14.1. The van der Waals surface area contributed by atoms with Gasteiger partial charge in [0.15, 0.2) is 5.82 Å². The molecule has 0 unspecified atom stereocenters. The van der Waals surface area contributed by atoms with Crippen molar-refractivity contribution in [3.63, 3.8) is 0 Å². The predicted molar refractivity (Wildman–Crippen MR) is 89.6 cm³/mol. The average Bonchev–Trinajstić information content (AvgIpc) is 3.01. The number of nitrogens with zero attached hydrogens (tertiary/aromatic N) is 3. The van der Waals surface area contributed by atoms with Crippen LogP contribution in [-0.2, 0) is 10.2 Å². The van der Waals surface area contributed by atoms with E-state index >= 15 is 0 Å². The fraction of sp³-hybridized carbons (Fsp3) is 0.526. The number of aromatic nitrogens is 2. The fourth-order valence-corrected chi connectivity index (χ4v) is 4.02. The minimum absolute atomic E-state index is 0.282. The van der Waals surface area contributed by atoms with E-state index in [9.17, 15) is 4.79 Å². The number of carbonyl (C=O) groups is 1. The van der Waals surface area contributed by atoms with E-state index in [2.05, 4.69) is 22.3 Å². The van der Waals surface area contributed by atoms with Crippen LogP contribution in [-0.4, -0.2) is 34.0 Å². The van der Waals surface area contributed by atoms with Gasteiger partial charge in [-0.2, -0.15) is 4.98 Å². The highest BCUT2D eigenvalue weighted by atomic mass is 16.5. The Kier molecular flexibility index (Phi) is 3.87. The predicted octanol–water partition coefficient (Wildman–Crippen LogP) is 3.21. The van der Waals surface area contributed by atoms with Gasteiger partial charge >= 0.3 is 0 Å². The first-order valence-electron chi connectivity index (χ1n) is 8.84. The van der Waals surface area contributed by atoms with E-state index in [-0.39, 0.29) is 11.3 Å². The Morgan fingerprint density at radius 2 is 1.92 bits per heavy atom. The minimum Gasteiger partial charge on any atom is -0.342 e. The van der Waals surface area contributed by atoms with Gasteiger partial charge in [0.05, 0.1) is 5.41 Å². The summed E-state index contributed by atoms with van der Waals surface area (Å²) in [6.45, 7) is 3.39. The molecule has 0 bridgehead atoms. The lowest BCUT2D eigenvalue weighted by Gasteiger charge is -2.45. The standard InChI is InChI=1S/C19H23N3O2/c1-14-20-17(24-21-14)15-8-12-22(13-9-15)18(23)19(10-5-11-19)16-6-3-2-4-7-16/h2-4,6-7,15H,5,8-13H2,1H3. The summed E-state index contributed by atoms with van der Waals surface area (Å²) < 4.78 is 5.30. The monoisotopic (exact) mass is 325 g/mol. The second-order valence-corrected chi connectivity index (χ2v) is 7.05. The summed E-state index contributed by atoms with van der Waals surface area (Å²) in [5.41, 5.74) is 0.894. The Balaban J connectivity index is 1.46. The van der Waals surface area contributed by atoms with Gasteiger partial charge in [0.1, 0.15) is 0 Å². The first-order valence-corrected chi connectivity index (χ1v) is 8.84. The number of hydrogen-bond acceptors (Lipinski definition) is 4. The van der Waals surface area contributed by atoms with E-state index in [1.807, 2.05) is 30.0 Å². The number of piperidine rings is 1. The van der Waals surface area contributed by atoms with Crippen molar-refractivity contribution in [2.45, 2.75) is 50.4 Å². The third kappa shape index (κ3) is 2.52. The molecule has 5 heteroatoms. The number of hydrogen-bond donors (Lipinski definition) is 0. The molecule has 1 aromatic carbocycles. The van der Waals surface area contributed by atoms with E-state index < -0.39 is 0 Å². The summed E-state index contributed by atoms with van der Waals surface area (Å²) >= 11 is 0. The second kappa shape index (κ2) is 6.04. The number of likely N-dealkylation sites (tertiary alicyclic amines) is 1. The molecule has 2 fully saturated rings. The van der Waals surface area contributed by atoms with Gasteiger partial charge in [0.2, 0.25) is 11.8 Å². The molecule has 1 aromatic heterocycles. The van der Waals surface area contributed by atoms with E-state index in [4.69, 9.17) is 4.52 Å². The topological polar surface area (TPSA) is 59.2 Å². The summed E-state index contributed by atoms with van der Waals surface area (Å²) in [7, 11) is 0. The van der Waals surface area contributed by atoms with Crippen LogP contribution in [0, 0.1) is 6.92 Å². The lowest BCUT2D eigenvalue weighted by atomic mass is 9.63. The van der Waals surface area contributed by atoms with E-state index in [0.29, 0.717) is 11.7 Å². The smallest absolute Gasteiger partial charge is 0.233 e. The molecule has 0 atom stereocenters. The molecule has 0 radical (unpaired) electrons. The molecule has 0 spiro atoms. The molecular formula is C19H23N3O2. The Morgan fingerprint density at radius 3 is 2.46 bits per heavy atom. The van der Waals surface area contributed by atoms with E-state index in [1.165, 1.54) is 5.56 Å². The van der Waals surface area contributed by atoms with Crippen LogP contribution in [0.3, 0.4) is 0 Å². The lowest BCUT2D eigenvalue weighted by Crippen LogP contribution is -2.52. The van der Waals surface area contributed by atoms with Crippen molar-refractivity contribution in [2.24, 2.45) is 0 Å². The number of amides is 1. The van der Waals surface area contributed by atoms with Crippen molar-refractivity contribution in [1.29, 1.82) is 0 Å². The highest BCUT2D eigenvalue weighted by Crippen LogP contribution is 2.45. The van der Waals surface area contributed by atoms with Crippen LogP contribution < -0.4 is 0 Å². The number of carbonyl (C=O) groups excluding carboxylic acids is 1. The van der Waals surface area contributed by atoms with Gasteiger partial charge in [-0.25, -0.2) is 0 Å². The van der Waals surface area contributed by atoms with Crippen molar-refractivity contribution in [3.05, 3.63) is 47.6 Å². The molecule has 2 aliphatic rings. The van der Waals surface area contributed by atoms with Crippen LogP contribution in [0.15, 0.2) is 34.9 Å². The van der Waals surface area contributed by atoms with Crippen LogP contribution in [0.1, 0.15) is 55.3 Å². The highest BCUT2D eigenvalue weighted by Gasteiger charge is 2.48. The lowest BCUT2D eigenvalue weighted by molar-refractivity contribution is -0.142. The number of benzene rings is 1. The molecular weight excluding hydrogens is 302 g/mol. The highest BCUT2D eigenvalue weighted by molar-refractivity contribution is 5.89. The zero-order valence-corrected chi connectivity index (χ0v) is 14.1. The Bertz CT molecular complexity index is 713. The molecule has 1 saturated heterocycles. The van der Waals surface area contributed by atoms with Gasteiger partial charge < -0.3 is 9.42 Å². The molecule has 1 aliphatic carbocycles. The molecule has 24 heavy (non-hydrogen) atoms. The molecule has 5 nitrogen and oxygen atoms in total. The van der Waals surface area contributed by atoms with Crippen LogP contribution in [0.2, 0.25) is 0 Å². The van der Waals surface area contributed by atoms with Crippen molar-refractivity contribution in [2.75, 3.05) is 13.1 Å². The van der Waals surface area contributed by atoms with Gasteiger partial charge in [0, 0.05) is 19.0 Å². The molecule has 2 heterocycles. The maximum absolute atomic E-state index is 13.2. The van der Waals surface area contributed by atoms with Crippen molar-refractivity contribution >= 4 is 5.91 Å². The van der Waals surface area contributed by atoms with Gasteiger partial charge in [-0.05, 0) is 38.2 Å². The second-order valence-electron chi connectivity index (χ2n) is 7.05. The third-order valence-electron chi connectivity index (χ3n) is 5.62. The summed E-state index contributed by atoms with van der Waals surface area (Å²) in [4.78, 5) is 19.6. The van der Waals surface area contributed by atoms with Crippen LogP contribution in [0.4, 0.5) is 0 Å². The number of aryl methyl sites for hydroxylation is 1. The molecule has 1 amide bonds. The summed E-state index contributed by atoms with van der Waals surface area (Å²) in [6.07, 6.45) is 4.88. The normalized spacial score (nSPS) is 20.6. The van der Waals surface area contributed by atoms with Crippen molar-refractivity contribution in [1.82, 2.24) is 15.0 Å².